The van der Waals surface area contributed by atoms with E-state index >= 15 is 0 Å². The molecule has 0 spiro atoms. The number of piperidine rings is 1. The van der Waals surface area contributed by atoms with Gasteiger partial charge in [-0.1, -0.05) is 35.5 Å². The molecular weight excluding hydrogens is 322 g/mol. The highest BCUT2D eigenvalue weighted by Gasteiger charge is 2.24. The van der Waals surface area contributed by atoms with E-state index in [0.29, 0.717) is 31.3 Å². The molecule has 0 unspecified atom stereocenters. The Balaban J connectivity index is 1.50. The van der Waals surface area contributed by atoms with Crippen LogP contribution in [0.1, 0.15) is 25.2 Å². The third-order valence-electron chi connectivity index (χ3n) is 4.19. The number of hydrogen-bond acceptors (Lipinski definition) is 6. The van der Waals surface area contributed by atoms with Crippen LogP contribution in [-0.2, 0) is 20.9 Å². The van der Waals surface area contributed by atoms with Gasteiger partial charge >= 0.3 is 0 Å². The third kappa shape index (κ3) is 4.87. The van der Waals surface area contributed by atoms with Gasteiger partial charge in [0, 0.05) is 25.8 Å². The van der Waals surface area contributed by atoms with Gasteiger partial charge in [-0.2, -0.15) is 4.98 Å². The van der Waals surface area contributed by atoms with Crippen LogP contribution in [0.15, 0.2) is 34.9 Å². The lowest BCUT2D eigenvalue weighted by atomic mass is 10.1. The minimum atomic E-state index is -0.00711. The molecule has 25 heavy (non-hydrogen) atoms. The molecule has 1 aromatic carbocycles. The van der Waals surface area contributed by atoms with Crippen molar-refractivity contribution in [1.29, 1.82) is 0 Å². The van der Waals surface area contributed by atoms with E-state index in [4.69, 9.17) is 14.0 Å². The van der Waals surface area contributed by atoms with Crippen LogP contribution in [0.2, 0.25) is 0 Å². The van der Waals surface area contributed by atoms with Crippen molar-refractivity contribution in [3.63, 3.8) is 0 Å². The van der Waals surface area contributed by atoms with Crippen LogP contribution in [0.5, 0.6) is 0 Å². The standard InChI is InChI=1S/C18H23N3O4/c1-23-11-9-17(22)21-10-5-8-15(12-21)24-13-16-19-18(20-25-16)14-6-3-2-4-7-14/h2-4,6-7,15H,5,8-13H2,1H3/t15-/m1/s1. The Kier molecular flexibility index (Phi) is 6.14. The molecule has 1 atom stereocenters. The van der Waals surface area contributed by atoms with Gasteiger partial charge in [0.15, 0.2) is 0 Å². The first kappa shape index (κ1) is 17.6. The van der Waals surface area contributed by atoms with Crippen molar-refractivity contribution < 1.29 is 18.8 Å². The van der Waals surface area contributed by atoms with Crippen molar-refractivity contribution in [3.8, 4) is 11.4 Å². The van der Waals surface area contributed by atoms with Crippen LogP contribution < -0.4 is 0 Å². The number of rotatable bonds is 7. The molecule has 0 bridgehead atoms. The zero-order valence-electron chi connectivity index (χ0n) is 14.4. The molecule has 1 saturated heterocycles. The van der Waals surface area contributed by atoms with E-state index in [1.807, 2.05) is 35.2 Å². The van der Waals surface area contributed by atoms with Crippen molar-refractivity contribution in [3.05, 3.63) is 36.2 Å². The summed E-state index contributed by atoms with van der Waals surface area (Å²) in [5.74, 6) is 1.11. The zero-order chi connectivity index (χ0) is 17.5. The molecule has 1 aromatic heterocycles. The molecule has 1 fully saturated rings. The minimum absolute atomic E-state index is 0.00711. The lowest BCUT2D eigenvalue weighted by Crippen LogP contribution is -2.43. The highest BCUT2D eigenvalue weighted by molar-refractivity contribution is 5.76. The van der Waals surface area contributed by atoms with E-state index in [1.165, 1.54) is 0 Å². The monoisotopic (exact) mass is 345 g/mol. The van der Waals surface area contributed by atoms with E-state index < -0.39 is 0 Å². The Morgan fingerprint density at radius 1 is 1.36 bits per heavy atom. The Bertz CT molecular complexity index is 674. The van der Waals surface area contributed by atoms with Crippen molar-refractivity contribution in [2.24, 2.45) is 0 Å². The fourth-order valence-electron chi connectivity index (χ4n) is 2.86. The lowest BCUT2D eigenvalue weighted by Gasteiger charge is -2.32. The molecule has 2 heterocycles. The summed E-state index contributed by atoms with van der Waals surface area (Å²) in [6.07, 6.45) is 2.26. The van der Waals surface area contributed by atoms with Crippen molar-refractivity contribution >= 4 is 5.91 Å². The minimum Gasteiger partial charge on any atom is -0.384 e. The summed E-state index contributed by atoms with van der Waals surface area (Å²) in [5.41, 5.74) is 0.907. The fraction of sp³-hybridized carbons (Fsp3) is 0.500. The van der Waals surface area contributed by atoms with Gasteiger partial charge in [0.25, 0.3) is 5.89 Å². The summed E-state index contributed by atoms with van der Waals surface area (Å²) < 4.78 is 16.1. The van der Waals surface area contributed by atoms with Gasteiger partial charge in [-0.3, -0.25) is 4.79 Å². The van der Waals surface area contributed by atoms with Gasteiger partial charge < -0.3 is 18.9 Å². The Morgan fingerprint density at radius 3 is 3.00 bits per heavy atom. The Morgan fingerprint density at radius 2 is 2.20 bits per heavy atom. The maximum atomic E-state index is 12.1. The summed E-state index contributed by atoms with van der Waals surface area (Å²) in [7, 11) is 1.60. The molecule has 2 aromatic rings. The molecule has 1 aliphatic heterocycles. The van der Waals surface area contributed by atoms with Crippen LogP contribution in [0, 0.1) is 0 Å². The van der Waals surface area contributed by atoms with Crippen LogP contribution in [0.25, 0.3) is 11.4 Å². The summed E-state index contributed by atoms with van der Waals surface area (Å²) in [6, 6.07) is 9.66. The van der Waals surface area contributed by atoms with Gasteiger partial charge in [0.1, 0.15) is 6.61 Å². The zero-order valence-corrected chi connectivity index (χ0v) is 14.4. The van der Waals surface area contributed by atoms with Crippen LogP contribution in [-0.4, -0.2) is 53.9 Å². The summed E-state index contributed by atoms with van der Waals surface area (Å²) in [4.78, 5) is 18.3. The van der Waals surface area contributed by atoms with Gasteiger partial charge in [-0.15, -0.1) is 0 Å². The van der Waals surface area contributed by atoms with Crippen molar-refractivity contribution in [2.75, 3.05) is 26.8 Å². The molecule has 1 amide bonds. The number of likely N-dealkylation sites (tertiary alicyclic amines) is 1. The number of carbonyl (C=O) groups excluding carboxylic acids is 1. The number of nitrogens with zero attached hydrogens (tertiary/aromatic N) is 3. The molecule has 0 N–H and O–H groups in total. The largest absolute Gasteiger partial charge is 0.384 e. The molecule has 0 saturated carbocycles. The quantitative estimate of drug-likeness (QED) is 0.766. The van der Waals surface area contributed by atoms with Gasteiger partial charge in [0.05, 0.1) is 19.1 Å². The summed E-state index contributed by atoms with van der Waals surface area (Å²) in [6.45, 7) is 2.08. The number of hydrogen-bond donors (Lipinski definition) is 0. The average Bonchev–Trinajstić information content (AvgIpc) is 3.14. The average molecular weight is 345 g/mol. The number of aromatic nitrogens is 2. The fourth-order valence-corrected chi connectivity index (χ4v) is 2.86. The Labute approximate surface area is 146 Å². The highest BCUT2D eigenvalue weighted by Crippen LogP contribution is 2.18. The second-order valence-corrected chi connectivity index (χ2v) is 6.04. The summed E-state index contributed by atoms with van der Waals surface area (Å²) in [5, 5.41) is 3.98. The maximum absolute atomic E-state index is 12.1. The predicted octanol–water partition coefficient (Wildman–Crippen LogP) is 2.28. The molecule has 7 heteroatoms. The highest BCUT2D eigenvalue weighted by atomic mass is 16.5. The maximum Gasteiger partial charge on any atom is 0.252 e. The van der Waals surface area contributed by atoms with E-state index in [0.717, 1.165) is 24.9 Å². The second kappa shape index (κ2) is 8.73. The van der Waals surface area contributed by atoms with Crippen LogP contribution >= 0.6 is 0 Å². The van der Waals surface area contributed by atoms with Gasteiger partial charge in [0.2, 0.25) is 11.7 Å². The topological polar surface area (TPSA) is 77.7 Å². The van der Waals surface area contributed by atoms with E-state index in [1.54, 1.807) is 7.11 Å². The molecule has 1 aliphatic rings. The van der Waals surface area contributed by atoms with Crippen LogP contribution in [0.4, 0.5) is 0 Å². The molecule has 0 radical (unpaired) electrons. The lowest BCUT2D eigenvalue weighted by molar-refractivity contribution is -0.136. The number of carbonyl (C=O) groups is 1. The van der Waals surface area contributed by atoms with Gasteiger partial charge in [-0.05, 0) is 12.8 Å². The number of amides is 1. The van der Waals surface area contributed by atoms with E-state index in [-0.39, 0.29) is 18.6 Å². The van der Waals surface area contributed by atoms with Crippen molar-refractivity contribution in [1.82, 2.24) is 15.0 Å². The molecule has 7 nitrogen and oxygen atoms in total. The SMILES string of the molecule is COCCC(=O)N1CCC[C@@H](OCc2nc(-c3ccccc3)no2)C1. The number of methoxy groups -OCH3 is 1. The van der Waals surface area contributed by atoms with Crippen LogP contribution in [0.3, 0.4) is 0 Å². The summed E-state index contributed by atoms with van der Waals surface area (Å²) >= 11 is 0. The number of ether oxygens (including phenoxy) is 2. The first-order valence-corrected chi connectivity index (χ1v) is 8.52. The molecule has 3 rings (SSSR count). The number of benzene rings is 1. The normalized spacial score (nSPS) is 17.6. The van der Waals surface area contributed by atoms with Crippen molar-refractivity contribution in [2.45, 2.75) is 32.0 Å². The smallest absolute Gasteiger partial charge is 0.252 e. The predicted molar refractivity (Wildman–Crippen MR) is 90.6 cm³/mol. The third-order valence-corrected chi connectivity index (χ3v) is 4.19. The van der Waals surface area contributed by atoms with E-state index in [2.05, 4.69) is 10.1 Å². The second-order valence-electron chi connectivity index (χ2n) is 6.04. The van der Waals surface area contributed by atoms with E-state index in [9.17, 15) is 4.79 Å². The van der Waals surface area contributed by atoms with Gasteiger partial charge in [-0.25, -0.2) is 0 Å². The first-order chi connectivity index (χ1) is 12.3. The molecule has 0 aliphatic carbocycles. The first-order valence-electron chi connectivity index (χ1n) is 8.52. The Hall–Kier alpha value is -2.25. The molecule has 134 valence electrons. The molecular formula is C18H23N3O4.